The van der Waals surface area contributed by atoms with E-state index in [4.69, 9.17) is 4.74 Å². The number of pyridine rings is 1. The maximum atomic E-state index is 11.8. The van der Waals surface area contributed by atoms with E-state index in [0.29, 0.717) is 27.0 Å². The van der Waals surface area contributed by atoms with Crippen molar-refractivity contribution in [2.75, 3.05) is 7.11 Å². The smallest absolute Gasteiger partial charge is 0.338 e. The average Bonchev–Trinajstić information content (AvgIpc) is 2.48. The van der Waals surface area contributed by atoms with Crippen LogP contribution in [0.1, 0.15) is 15.9 Å². The van der Waals surface area contributed by atoms with Gasteiger partial charge in [0.25, 0.3) is 5.69 Å². The van der Waals surface area contributed by atoms with Crippen molar-refractivity contribution in [3.05, 3.63) is 56.2 Å². The van der Waals surface area contributed by atoms with Gasteiger partial charge in [0.2, 0.25) is 0 Å². The molecule has 0 unspecified atom stereocenters. The van der Waals surface area contributed by atoms with E-state index in [1.54, 1.807) is 25.1 Å². The van der Waals surface area contributed by atoms with E-state index in [1.165, 1.54) is 19.2 Å². The molecule has 0 fully saturated rings. The third-order valence-corrected chi connectivity index (χ3v) is 3.40. The lowest BCUT2D eigenvalue weighted by Crippen LogP contribution is -2.06. The van der Waals surface area contributed by atoms with E-state index in [0.717, 1.165) is 0 Å². The molecule has 0 aliphatic carbocycles. The van der Waals surface area contributed by atoms with E-state index in [-0.39, 0.29) is 5.69 Å². The molecule has 0 bridgehead atoms. The van der Waals surface area contributed by atoms with Crippen LogP contribution in [0.5, 0.6) is 0 Å². The molecule has 0 atom stereocenters. The van der Waals surface area contributed by atoms with Gasteiger partial charge >= 0.3 is 5.97 Å². The number of benzene rings is 1. The number of nitro benzene ring substituents is 1. The summed E-state index contributed by atoms with van der Waals surface area (Å²) < 4.78 is 5.22. The number of rotatable bonds is 3. The Kier molecular flexibility index (Phi) is 4.32. The number of methoxy groups -OCH3 is 1. The van der Waals surface area contributed by atoms with Crippen molar-refractivity contribution in [1.82, 2.24) is 4.98 Å². The van der Waals surface area contributed by atoms with Crippen molar-refractivity contribution in [2.24, 2.45) is 0 Å². The molecule has 0 spiro atoms. The molecule has 2 aromatic rings. The minimum Gasteiger partial charge on any atom is -0.465 e. The van der Waals surface area contributed by atoms with E-state index in [9.17, 15) is 14.9 Å². The van der Waals surface area contributed by atoms with Gasteiger partial charge in [0, 0.05) is 17.7 Å². The molecule has 0 N–H and O–H groups in total. The fraction of sp³-hybridized carbons (Fsp3) is 0.143. The normalized spacial score (nSPS) is 10.2. The highest BCUT2D eigenvalue weighted by atomic mass is 79.9. The standard InChI is InChI=1S/C14H11BrN2O4/c1-8-11(14(18)21-2)7-12(15)16-13(8)9-3-5-10(6-4-9)17(19)20/h3-7H,1-2H3. The molecule has 1 aromatic carbocycles. The third-order valence-electron chi connectivity index (χ3n) is 3.00. The van der Waals surface area contributed by atoms with Crippen LogP contribution >= 0.6 is 15.9 Å². The van der Waals surface area contributed by atoms with Crippen molar-refractivity contribution in [3.8, 4) is 11.3 Å². The Balaban J connectivity index is 2.55. The van der Waals surface area contributed by atoms with Crippen molar-refractivity contribution >= 4 is 27.6 Å². The Hall–Kier alpha value is -2.28. The summed E-state index contributed by atoms with van der Waals surface area (Å²) in [6.45, 7) is 1.75. The summed E-state index contributed by atoms with van der Waals surface area (Å²) in [5.41, 5.74) is 2.30. The van der Waals surface area contributed by atoms with E-state index < -0.39 is 10.9 Å². The lowest BCUT2D eigenvalue weighted by molar-refractivity contribution is -0.384. The number of esters is 1. The van der Waals surface area contributed by atoms with Gasteiger partial charge in [-0.1, -0.05) is 0 Å². The fourth-order valence-electron chi connectivity index (χ4n) is 1.92. The maximum absolute atomic E-state index is 11.8. The third kappa shape index (κ3) is 3.08. The number of carbonyl (C=O) groups is 1. The summed E-state index contributed by atoms with van der Waals surface area (Å²) >= 11 is 3.25. The molecule has 6 nitrogen and oxygen atoms in total. The summed E-state index contributed by atoms with van der Waals surface area (Å²) in [7, 11) is 1.31. The van der Waals surface area contributed by atoms with Crippen molar-refractivity contribution in [2.45, 2.75) is 6.92 Å². The number of halogens is 1. The second-order valence-corrected chi connectivity index (χ2v) is 5.07. The minimum atomic E-state index is -0.467. The van der Waals surface area contributed by atoms with Crippen LogP contribution in [0.4, 0.5) is 5.69 Å². The molecule has 7 heteroatoms. The number of hydrogen-bond acceptors (Lipinski definition) is 5. The Bertz CT molecular complexity index is 714. The average molecular weight is 351 g/mol. The highest BCUT2D eigenvalue weighted by Crippen LogP contribution is 2.28. The molecule has 0 saturated carbocycles. The molecule has 1 heterocycles. The van der Waals surface area contributed by atoms with Crippen molar-refractivity contribution in [3.63, 3.8) is 0 Å². The number of nitro groups is 1. The number of aromatic nitrogens is 1. The van der Waals surface area contributed by atoms with Gasteiger partial charge in [-0.3, -0.25) is 10.1 Å². The lowest BCUT2D eigenvalue weighted by Gasteiger charge is -2.10. The van der Waals surface area contributed by atoms with Crippen LogP contribution < -0.4 is 0 Å². The Morgan fingerprint density at radius 1 is 1.33 bits per heavy atom. The minimum absolute atomic E-state index is 0.000378. The SMILES string of the molecule is COC(=O)c1cc(Br)nc(-c2ccc([N+](=O)[O-])cc2)c1C. The van der Waals surface area contributed by atoms with Gasteiger partial charge in [0.05, 0.1) is 23.3 Å². The first-order valence-corrected chi connectivity index (χ1v) is 6.73. The number of carbonyl (C=O) groups excluding carboxylic acids is 1. The Labute approximate surface area is 129 Å². The van der Waals surface area contributed by atoms with Crippen LogP contribution in [-0.2, 0) is 4.74 Å². The summed E-state index contributed by atoms with van der Waals surface area (Å²) in [5.74, 6) is -0.459. The van der Waals surface area contributed by atoms with Gasteiger partial charge < -0.3 is 4.74 Å². The van der Waals surface area contributed by atoms with Gasteiger partial charge in [-0.2, -0.15) is 0 Å². The number of non-ortho nitro benzene ring substituents is 1. The molecule has 108 valence electrons. The maximum Gasteiger partial charge on any atom is 0.338 e. The summed E-state index contributed by atoms with van der Waals surface area (Å²) in [6.07, 6.45) is 0. The predicted molar refractivity (Wildman–Crippen MR) is 80.1 cm³/mol. The molecule has 0 amide bonds. The zero-order chi connectivity index (χ0) is 15.6. The summed E-state index contributed by atoms with van der Waals surface area (Å²) in [6, 6.07) is 7.57. The molecular weight excluding hydrogens is 340 g/mol. The topological polar surface area (TPSA) is 82.3 Å². The van der Waals surface area contributed by atoms with Gasteiger partial charge in [0.1, 0.15) is 4.60 Å². The molecule has 0 aliphatic heterocycles. The monoisotopic (exact) mass is 350 g/mol. The molecule has 1 aromatic heterocycles. The van der Waals surface area contributed by atoms with Gasteiger partial charge in [-0.15, -0.1) is 0 Å². The number of hydrogen-bond donors (Lipinski definition) is 0. The molecule has 21 heavy (non-hydrogen) atoms. The lowest BCUT2D eigenvalue weighted by atomic mass is 10.0. The number of nitrogens with zero attached hydrogens (tertiary/aromatic N) is 2. The molecule has 0 aliphatic rings. The molecule has 2 rings (SSSR count). The van der Waals surface area contributed by atoms with E-state index >= 15 is 0 Å². The zero-order valence-corrected chi connectivity index (χ0v) is 12.9. The number of ether oxygens (including phenoxy) is 1. The van der Waals surface area contributed by atoms with Crippen LogP contribution in [0.15, 0.2) is 34.9 Å². The second kappa shape index (κ2) is 6.01. The van der Waals surface area contributed by atoms with Crippen LogP contribution in [0, 0.1) is 17.0 Å². The second-order valence-electron chi connectivity index (χ2n) is 4.26. The van der Waals surface area contributed by atoms with Crippen LogP contribution in [0.2, 0.25) is 0 Å². The molecule has 0 saturated heterocycles. The van der Waals surface area contributed by atoms with Crippen LogP contribution in [0.25, 0.3) is 11.3 Å². The quantitative estimate of drug-likeness (QED) is 0.366. The van der Waals surface area contributed by atoms with E-state index in [1.807, 2.05) is 0 Å². The fourth-order valence-corrected chi connectivity index (χ4v) is 2.33. The van der Waals surface area contributed by atoms with Crippen LogP contribution in [0.3, 0.4) is 0 Å². The highest BCUT2D eigenvalue weighted by Gasteiger charge is 2.16. The van der Waals surface area contributed by atoms with Crippen molar-refractivity contribution in [1.29, 1.82) is 0 Å². The summed E-state index contributed by atoms with van der Waals surface area (Å²) in [4.78, 5) is 26.3. The molecular formula is C14H11BrN2O4. The predicted octanol–water partition coefficient (Wildman–Crippen LogP) is 3.51. The van der Waals surface area contributed by atoms with E-state index in [2.05, 4.69) is 20.9 Å². The van der Waals surface area contributed by atoms with Crippen LogP contribution in [-0.4, -0.2) is 23.0 Å². The molecule has 0 radical (unpaired) electrons. The first-order chi connectivity index (χ1) is 9.93. The van der Waals surface area contributed by atoms with Gasteiger partial charge in [-0.25, -0.2) is 9.78 Å². The summed E-state index contributed by atoms with van der Waals surface area (Å²) in [5, 5.41) is 10.7. The first kappa shape index (κ1) is 15.1. The first-order valence-electron chi connectivity index (χ1n) is 5.94. The largest absolute Gasteiger partial charge is 0.465 e. The van der Waals surface area contributed by atoms with Crippen molar-refractivity contribution < 1.29 is 14.5 Å². The van der Waals surface area contributed by atoms with Gasteiger partial charge in [-0.05, 0) is 46.6 Å². The Morgan fingerprint density at radius 3 is 2.48 bits per heavy atom. The Morgan fingerprint density at radius 2 is 1.95 bits per heavy atom. The highest BCUT2D eigenvalue weighted by molar-refractivity contribution is 9.10. The van der Waals surface area contributed by atoms with Gasteiger partial charge in [0.15, 0.2) is 0 Å². The zero-order valence-electron chi connectivity index (χ0n) is 11.3.